The quantitative estimate of drug-likeness (QED) is 0.587. The minimum absolute atomic E-state index is 0.00796. The first kappa shape index (κ1) is 23.2. The highest BCUT2D eigenvalue weighted by Gasteiger charge is 2.34. The van der Waals surface area contributed by atoms with Crippen LogP contribution in [0.1, 0.15) is 54.0 Å². The Hall–Kier alpha value is -3.43. The van der Waals surface area contributed by atoms with Crippen molar-refractivity contribution in [1.82, 2.24) is 15.0 Å². The number of hydrogen-bond donors (Lipinski definition) is 1. The van der Waals surface area contributed by atoms with Crippen LogP contribution < -0.4 is 5.32 Å². The molecule has 0 atom stereocenters. The molecule has 2 heterocycles. The van der Waals surface area contributed by atoms with Crippen molar-refractivity contribution in [3.8, 4) is 0 Å². The number of alkyl halides is 3. The van der Waals surface area contributed by atoms with Crippen LogP contribution in [0.2, 0.25) is 0 Å². The number of hydrogen-bond acceptors (Lipinski definition) is 5. The Balaban J connectivity index is 1.88. The maximum Gasteiger partial charge on any atom is 0.418 e. The molecule has 0 aliphatic carbocycles. The maximum absolute atomic E-state index is 13.3. The Morgan fingerprint density at radius 3 is 2.53 bits per heavy atom. The predicted molar refractivity (Wildman–Crippen MR) is 112 cm³/mol. The van der Waals surface area contributed by atoms with Crippen LogP contribution in [0.5, 0.6) is 0 Å². The fourth-order valence-corrected chi connectivity index (χ4v) is 3.28. The molecule has 1 aromatic carbocycles. The van der Waals surface area contributed by atoms with Gasteiger partial charge < -0.3 is 14.7 Å². The molecular weight excluding hydrogens is 425 g/mol. The molecule has 2 amide bonds. The highest BCUT2D eigenvalue weighted by Crippen LogP contribution is 2.34. The van der Waals surface area contributed by atoms with Gasteiger partial charge in [-0.3, -0.25) is 9.59 Å². The molecule has 0 saturated heterocycles. The third-order valence-electron chi connectivity index (χ3n) is 4.97. The summed E-state index contributed by atoms with van der Waals surface area (Å²) in [5, 5.41) is 6.59. The second-order valence-corrected chi connectivity index (χ2v) is 7.61. The Kier molecular flexibility index (Phi) is 6.52. The van der Waals surface area contributed by atoms with Crippen molar-refractivity contribution in [3.63, 3.8) is 0 Å². The van der Waals surface area contributed by atoms with Crippen LogP contribution in [0, 0.1) is 6.92 Å². The molecule has 0 aliphatic rings. The van der Waals surface area contributed by atoms with Gasteiger partial charge in [-0.15, -0.1) is 0 Å². The first-order chi connectivity index (χ1) is 15.0. The van der Waals surface area contributed by atoms with E-state index in [0.29, 0.717) is 16.8 Å². The average Bonchev–Trinajstić information content (AvgIpc) is 3.11. The third-order valence-corrected chi connectivity index (χ3v) is 4.97. The van der Waals surface area contributed by atoms with Crippen molar-refractivity contribution in [3.05, 3.63) is 52.8 Å². The molecule has 170 valence electrons. The van der Waals surface area contributed by atoms with Crippen LogP contribution in [0.4, 0.5) is 18.9 Å². The number of amides is 2. The molecule has 0 fully saturated rings. The first-order valence-corrected chi connectivity index (χ1v) is 10.0. The van der Waals surface area contributed by atoms with Gasteiger partial charge in [-0.1, -0.05) is 31.1 Å². The van der Waals surface area contributed by atoms with Gasteiger partial charge in [0.1, 0.15) is 6.54 Å². The summed E-state index contributed by atoms with van der Waals surface area (Å²) in [4.78, 5) is 31.5. The number of fused-ring (bicyclic) bond motifs is 1. The van der Waals surface area contributed by atoms with Crippen LogP contribution in [0.3, 0.4) is 0 Å². The van der Waals surface area contributed by atoms with Crippen molar-refractivity contribution < 1.29 is 27.3 Å². The van der Waals surface area contributed by atoms with Gasteiger partial charge in [-0.2, -0.15) is 13.2 Å². The minimum Gasteiger partial charge on any atom is -0.336 e. The van der Waals surface area contributed by atoms with E-state index >= 15 is 0 Å². The topological polar surface area (TPSA) is 88.3 Å². The molecule has 2 aromatic heterocycles. The van der Waals surface area contributed by atoms with Gasteiger partial charge in [0.25, 0.3) is 11.6 Å². The number of aryl methyl sites for hydroxylation is 1. The summed E-state index contributed by atoms with van der Waals surface area (Å²) in [6.45, 7) is 6.92. The zero-order valence-corrected chi connectivity index (χ0v) is 18.1. The lowest BCUT2D eigenvalue weighted by atomic mass is 10.0. The molecule has 10 heteroatoms. The monoisotopic (exact) mass is 448 g/mol. The van der Waals surface area contributed by atoms with Crippen LogP contribution >= 0.6 is 0 Å². The number of pyridine rings is 1. The summed E-state index contributed by atoms with van der Waals surface area (Å²) in [6.07, 6.45) is -4.62. The molecule has 0 radical (unpaired) electrons. The molecule has 7 nitrogen and oxygen atoms in total. The molecule has 0 unspecified atom stereocenters. The lowest BCUT2D eigenvalue weighted by Crippen LogP contribution is -2.38. The zero-order valence-electron chi connectivity index (χ0n) is 18.1. The summed E-state index contributed by atoms with van der Waals surface area (Å²) >= 11 is 0. The fraction of sp³-hybridized carbons (Fsp3) is 0.364. The number of benzene rings is 1. The number of likely N-dealkylation sites (N-methyl/N-ethyl adjacent to an activating group) is 1. The molecule has 32 heavy (non-hydrogen) atoms. The van der Waals surface area contributed by atoms with Crippen molar-refractivity contribution in [2.45, 2.75) is 39.8 Å². The van der Waals surface area contributed by atoms with Gasteiger partial charge >= 0.3 is 6.18 Å². The number of para-hydroxylation sites is 1. The van der Waals surface area contributed by atoms with E-state index in [1.54, 1.807) is 19.9 Å². The number of carbonyl (C=O) groups is 2. The molecule has 1 N–H and O–H groups in total. The lowest BCUT2D eigenvalue weighted by molar-refractivity contribution is -0.137. The molecule has 0 bridgehead atoms. The molecule has 3 aromatic rings. The summed E-state index contributed by atoms with van der Waals surface area (Å²) in [5.74, 6) is -1.20. The largest absolute Gasteiger partial charge is 0.418 e. The van der Waals surface area contributed by atoms with Crippen molar-refractivity contribution in [1.29, 1.82) is 0 Å². The van der Waals surface area contributed by atoms with Gasteiger partial charge in [0.05, 0.1) is 27.9 Å². The standard InChI is InChI=1S/C22H23F3N4O3/c1-5-29(11-18(30)26-16-9-7-6-8-15(16)22(23,24)25)21(31)14-10-17(12(2)3)27-20-19(14)13(4)28-32-20/h6-10,12H,5,11H2,1-4H3,(H,26,30). The van der Waals surface area contributed by atoms with Crippen LogP contribution in [0.15, 0.2) is 34.9 Å². The van der Waals surface area contributed by atoms with Gasteiger partial charge in [-0.05, 0) is 38.0 Å². The number of rotatable bonds is 6. The second-order valence-electron chi connectivity index (χ2n) is 7.61. The zero-order chi connectivity index (χ0) is 23.6. The summed E-state index contributed by atoms with van der Waals surface area (Å²) in [6, 6.07) is 6.32. The number of carbonyl (C=O) groups excluding carboxylic acids is 2. The van der Waals surface area contributed by atoms with Crippen molar-refractivity contribution >= 4 is 28.6 Å². The SMILES string of the molecule is CCN(CC(=O)Nc1ccccc1C(F)(F)F)C(=O)c1cc(C(C)C)nc2onc(C)c12. The Bertz CT molecular complexity index is 1160. The molecule has 3 rings (SSSR count). The van der Waals surface area contributed by atoms with Gasteiger partial charge in [0, 0.05) is 12.2 Å². The Morgan fingerprint density at radius 2 is 1.91 bits per heavy atom. The average molecular weight is 448 g/mol. The highest BCUT2D eigenvalue weighted by atomic mass is 19.4. The van der Waals surface area contributed by atoms with E-state index in [4.69, 9.17) is 4.52 Å². The number of halogens is 3. The molecule has 0 aliphatic heterocycles. The number of anilines is 1. The summed E-state index contributed by atoms with van der Waals surface area (Å²) in [7, 11) is 0. The third kappa shape index (κ3) is 4.74. The molecular formula is C22H23F3N4O3. The van der Waals surface area contributed by atoms with E-state index < -0.39 is 30.1 Å². The smallest absolute Gasteiger partial charge is 0.336 e. The van der Waals surface area contributed by atoms with E-state index in [9.17, 15) is 22.8 Å². The number of nitrogens with zero attached hydrogens (tertiary/aromatic N) is 3. The second kappa shape index (κ2) is 8.97. The number of nitrogens with one attached hydrogen (secondary N) is 1. The van der Waals surface area contributed by atoms with Crippen LogP contribution in [-0.2, 0) is 11.0 Å². The van der Waals surface area contributed by atoms with E-state index in [1.807, 2.05) is 13.8 Å². The fourth-order valence-electron chi connectivity index (χ4n) is 3.28. The van der Waals surface area contributed by atoms with Gasteiger partial charge in [0.2, 0.25) is 5.91 Å². The molecule has 0 spiro atoms. The van der Waals surface area contributed by atoms with Crippen molar-refractivity contribution in [2.24, 2.45) is 0 Å². The summed E-state index contributed by atoms with van der Waals surface area (Å²) in [5.41, 5.74) is 0.277. The van der Waals surface area contributed by atoms with E-state index in [2.05, 4.69) is 15.5 Å². The van der Waals surface area contributed by atoms with E-state index in [-0.39, 0.29) is 29.4 Å². The maximum atomic E-state index is 13.3. The normalized spacial score (nSPS) is 11.8. The Labute approximate surface area is 182 Å². The lowest BCUT2D eigenvalue weighted by Gasteiger charge is -2.22. The number of aromatic nitrogens is 2. The summed E-state index contributed by atoms with van der Waals surface area (Å²) < 4.78 is 44.8. The van der Waals surface area contributed by atoms with E-state index in [1.165, 1.54) is 23.1 Å². The van der Waals surface area contributed by atoms with E-state index in [0.717, 1.165) is 6.07 Å². The Morgan fingerprint density at radius 1 is 1.22 bits per heavy atom. The van der Waals surface area contributed by atoms with Crippen LogP contribution in [0.25, 0.3) is 11.1 Å². The van der Waals surface area contributed by atoms with Gasteiger partial charge in [-0.25, -0.2) is 4.98 Å². The van der Waals surface area contributed by atoms with Crippen molar-refractivity contribution in [2.75, 3.05) is 18.4 Å². The molecule has 0 saturated carbocycles. The predicted octanol–water partition coefficient (Wildman–Crippen LogP) is 4.77. The highest BCUT2D eigenvalue weighted by molar-refractivity contribution is 6.07. The van der Waals surface area contributed by atoms with Crippen LogP contribution in [-0.4, -0.2) is 39.9 Å². The minimum atomic E-state index is -4.62. The van der Waals surface area contributed by atoms with Gasteiger partial charge in [0.15, 0.2) is 0 Å². The first-order valence-electron chi connectivity index (χ1n) is 10.0.